The highest BCUT2D eigenvalue weighted by molar-refractivity contribution is 6.31. The Morgan fingerprint density at radius 3 is 2.59 bits per heavy atom. The first-order chi connectivity index (χ1) is 13.1. The van der Waals surface area contributed by atoms with Crippen LogP contribution in [-0.4, -0.2) is 32.2 Å². The number of rotatable bonds is 4. The van der Waals surface area contributed by atoms with Gasteiger partial charge < -0.3 is 9.26 Å². The van der Waals surface area contributed by atoms with E-state index in [0.717, 1.165) is 28.3 Å². The highest BCUT2D eigenvalue weighted by Crippen LogP contribution is 2.27. The molecule has 2 aromatic heterocycles. The van der Waals surface area contributed by atoms with Gasteiger partial charge in [0.15, 0.2) is 5.69 Å². The van der Waals surface area contributed by atoms with Crippen molar-refractivity contribution in [2.45, 2.75) is 13.8 Å². The zero-order valence-electron chi connectivity index (χ0n) is 15.0. The van der Waals surface area contributed by atoms with Gasteiger partial charge in [0.1, 0.15) is 5.75 Å². The lowest BCUT2D eigenvalue weighted by atomic mass is 10.2. The highest BCUT2D eigenvalue weighted by Gasteiger charge is 2.20. The van der Waals surface area contributed by atoms with Crippen LogP contribution >= 0.6 is 11.6 Å². The summed E-state index contributed by atoms with van der Waals surface area (Å²) in [6, 6.07) is 13.1. The molecular formula is C19H16ClN5O2. The fourth-order valence-electron chi connectivity index (χ4n) is 2.76. The van der Waals surface area contributed by atoms with Crippen molar-refractivity contribution in [2.75, 3.05) is 7.11 Å². The lowest BCUT2D eigenvalue weighted by Crippen LogP contribution is -2.01. The summed E-state index contributed by atoms with van der Waals surface area (Å²) >= 11 is 6.22. The second kappa shape index (κ2) is 6.85. The fourth-order valence-corrected chi connectivity index (χ4v) is 2.93. The number of hydrogen-bond donors (Lipinski definition) is 0. The molecule has 0 saturated heterocycles. The molecule has 0 aliphatic rings. The Hall–Kier alpha value is -3.19. The topological polar surface area (TPSA) is 78.9 Å². The van der Waals surface area contributed by atoms with Gasteiger partial charge >= 0.3 is 0 Å². The maximum Gasteiger partial charge on any atom is 0.280 e. The van der Waals surface area contributed by atoms with Crippen LogP contribution in [0.25, 0.3) is 28.7 Å². The summed E-state index contributed by atoms with van der Waals surface area (Å²) in [7, 11) is 1.62. The molecule has 0 unspecified atom stereocenters. The smallest absolute Gasteiger partial charge is 0.280 e. The van der Waals surface area contributed by atoms with E-state index >= 15 is 0 Å². The van der Waals surface area contributed by atoms with Gasteiger partial charge in [0.2, 0.25) is 5.82 Å². The van der Waals surface area contributed by atoms with E-state index in [-0.39, 0.29) is 0 Å². The molecule has 7 nitrogen and oxygen atoms in total. The molecule has 0 saturated carbocycles. The van der Waals surface area contributed by atoms with Crippen LogP contribution < -0.4 is 4.74 Å². The van der Waals surface area contributed by atoms with Gasteiger partial charge in [0.25, 0.3) is 5.89 Å². The monoisotopic (exact) mass is 381 g/mol. The zero-order valence-corrected chi connectivity index (χ0v) is 15.7. The maximum absolute atomic E-state index is 6.22. The van der Waals surface area contributed by atoms with Crippen molar-refractivity contribution in [1.29, 1.82) is 0 Å². The summed E-state index contributed by atoms with van der Waals surface area (Å²) in [6.45, 7) is 3.83. The van der Waals surface area contributed by atoms with Gasteiger partial charge in [-0.1, -0.05) is 28.0 Å². The molecule has 0 bridgehead atoms. The Balaban J connectivity index is 1.70. The third-order valence-electron chi connectivity index (χ3n) is 4.34. The van der Waals surface area contributed by atoms with Crippen molar-refractivity contribution in [1.82, 2.24) is 25.1 Å². The predicted molar refractivity (Wildman–Crippen MR) is 101 cm³/mol. The van der Waals surface area contributed by atoms with E-state index in [4.69, 9.17) is 20.9 Å². The number of aromatic nitrogens is 5. The molecule has 0 radical (unpaired) electrons. The number of ether oxygens (including phenoxy) is 1. The molecule has 8 heteroatoms. The third kappa shape index (κ3) is 3.06. The predicted octanol–water partition coefficient (Wildman–Crippen LogP) is 4.26. The summed E-state index contributed by atoms with van der Waals surface area (Å²) < 4.78 is 12.3. The van der Waals surface area contributed by atoms with Crippen molar-refractivity contribution in [3.8, 4) is 34.4 Å². The SMILES string of the molecule is COc1ccc(-c2noc(-c3nnn(-c4cccc(Cl)c4C)c3C)n2)cc1. The van der Waals surface area contributed by atoms with E-state index in [2.05, 4.69) is 20.5 Å². The van der Waals surface area contributed by atoms with Crippen molar-refractivity contribution in [2.24, 2.45) is 0 Å². The minimum atomic E-state index is 0.309. The first-order valence-electron chi connectivity index (χ1n) is 8.25. The summed E-state index contributed by atoms with van der Waals surface area (Å²) in [5.41, 5.74) is 3.91. The minimum absolute atomic E-state index is 0.309. The zero-order chi connectivity index (χ0) is 19.0. The fraction of sp³-hybridized carbons (Fsp3) is 0.158. The lowest BCUT2D eigenvalue weighted by Gasteiger charge is -2.08. The molecule has 0 aliphatic carbocycles. The summed E-state index contributed by atoms with van der Waals surface area (Å²) in [4.78, 5) is 4.45. The van der Waals surface area contributed by atoms with Crippen LogP contribution in [0.4, 0.5) is 0 Å². The Bertz CT molecular complexity index is 1100. The average Bonchev–Trinajstić information content (AvgIpc) is 3.31. The van der Waals surface area contributed by atoms with Crippen LogP contribution in [0.2, 0.25) is 5.02 Å². The second-order valence-electron chi connectivity index (χ2n) is 5.97. The van der Waals surface area contributed by atoms with Crippen LogP contribution in [0.3, 0.4) is 0 Å². The first-order valence-corrected chi connectivity index (χ1v) is 8.62. The van der Waals surface area contributed by atoms with E-state index in [1.807, 2.05) is 56.3 Å². The van der Waals surface area contributed by atoms with Crippen molar-refractivity contribution in [3.05, 3.63) is 58.7 Å². The molecule has 0 atom stereocenters. The minimum Gasteiger partial charge on any atom is -0.497 e. The Morgan fingerprint density at radius 2 is 1.85 bits per heavy atom. The number of benzene rings is 2. The molecule has 4 rings (SSSR count). The molecule has 4 aromatic rings. The normalized spacial score (nSPS) is 11.0. The van der Waals surface area contributed by atoms with E-state index < -0.39 is 0 Å². The molecule has 2 aromatic carbocycles. The van der Waals surface area contributed by atoms with Crippen LogP contribution in [0, 0.1) is 13.8 Å². The van der Waals surface area contributed by atoms with Gasteiger partial charge in [-0.3, -0.25) is 0 Å². The van der Waals surface area contributed by atoms with E-state index in [0.29, 0.717) is 22.4 Å². The van der Waals surface area contributed by atoms with Crippen molar-refractivity contribution >= 4 is 11.6 Å². The summed E-state index contributed by atoms with van der Waals surface area (Å²) in [6.07, 6.45) is 0. The second-order valence-corrected chi connectivity index (χ2v) is 6.38. The van der Waals surface area contributed by atoms with Crippen LogP contribution in [0.15, 0.2) is 47.0 Å². The summed E-state index contributed by atoms with van der Waals surface area (Å²) in [5, 5.41) is 13.2. The molecular weight excluding hydrogens is 366 g/mol. The van der Waals surface area contributed by atoms with Crippen LogP contribution in [-0.2, 0) is 0 Å². The quantitative estimate of drug-likeness (QED) is 0.525. The number of hydrogen-bond acceptors (Lipinski definition) is 6. The standard InChI is InChI=1S/C19H16ClN5O2/c1-11-15(20)5-4-6-16(11)25-12(2)17(22-24-25)19-21-18(23-27-19)13-7-9-14(26-3)10-8-13/h4-10H,1-3H3. The number of methoxy groups -OCH3 is 1. The van der Waals surface area contributed by atoms with Gasteiger partial charge in [-0.15, -0.1) is 5.10 Å². The average molecular weight is 382 g/mol. The van der Waals surface area contributed by atoms with Gasteiger partial charge in [0, 0.05) is 10.6 Å². The number of halogens is 1. The Labute approximate surface area is 160 Å². The van der Waals surface area contributed by atoms with E-state index in [1.54, 1.807) is 11.8 Å². The molecule has 27 heavy (non-hydrogen) atoms. The largest absolute Gasteiger partial charge is 0.497 e. The molecule has 0 fully saturated rings. The molecule has 0 aliphatic heterocycles. The van der Waals surface area contributed by atoms with Gasteiger partial charge in [0.05, 0.1) is 18.5 Å². The molecule has 0 N–H and O–H groups in total. The summed E-state index contributed by atoms with van der Waals surface area (Å²) in [5.74, 6) is 1.54. The first kappa shape index (κ1) is 17.2. The maximum atomic E-state index is 6.22. The molecule has 136 valence electrons. The van der Waals surface area contributed by atoms with Gasteiger partial charge in [-0.2, -0.15) is 4.98 Å². The van der Waals surface area contributed by atoms with Crippen LogP contribution in [0.1, 0.15) is 11.3 Å². The van der Waals surface area contributed by atoms with Crippen molar-refractivity contribution < 1.29 is 9.26 Å². The third-order valence-corrected chi connectivity index (χ3v) is 4.75. The van der Waals surface area contributed by atoms with E-state index in [1.165, 1.54) is 0 Å². The van der Waals surface area contributed by atoms with Crippen molar-refractivity contribution in [3.63, 3.8) is 0 Å². The van der Waals surface area contributed by atoms with Gasteiger partial charge in [-0.25, -0.2) is 4.68 Å². The van der Waals surface area contributed by atoms with E-state index in [9.17, 15) is 0 Å². The molecule has 0 amide bonds. The van der Waals surface area contributed by atoms with Crippen LogP contribution in [0.5, 0.6) is 5.75 Å². The Morgan fingerprint density at radius 1 is 1.07 bits per heavy atom. The molecule has 0 spiro atoms. The highest BCUT2D eigenvalue weighted by atomic mass is 35.5. The lowest BCUT2D eigenvalue weighted by molar-refractivity contribution is 0.414. The van der Waals surface area contributed by atoms with Gasteiger partial charge in [-0.05, 0) is 55.8 Å². The molecule has 2 heterocycles. The Kier molecular flexibility index (Phi) is 4.37. The number of nitrogens with zero attached hydrogens (tertiary/aromatic N) is 5.